The van der Waals surface area contributed by atoms with Crippen LogP contribution in [0.15, 0.2) is 84.9 Å². The number of fused-ring (bicyclic) bond motifs is 3. The molecule has 0 saturated carbocycles. The van der Waals surface area contributed by atoms with Crippen molar-refractivity contribution in [1.29, 1.82) is 0 Å². The lowest BCUT2D eigenvalue weighted by molar-refractivity contribution is 0.122. The van der Waals surface area contributed by atoms with Gasteiger partial charge in [-0.3, -0.25) is 0 Å². The molecule has 2 atom stereocenters. The predicted octanol–water partition coefficient (Wildman–Crippen LogP) is 7.47. The first kappa shape index (κ1) is 28.9. The molecule has 4 nitrogen and oxygen atoms in total. The van der Waals surface area contributed by atoms with Crippen LogP contribution in [0.3, 0.4) is 0 Å². The van der Waals surface area contributed by atoms with Gasteiger partial charge in [0, 0.05) is 0 Å². The van der Waals surface area contributed by atoms with Crippen LogP contribution in [0.25, 0.3) is 11.1 Å². The first-order valence-electron chi connectivity index (χ1n) is 15.0. The molecule has 1 aliphatic carbocycles. The van der Waals surface area contributed by atoms with Crippen LogP contribution in [0, 0.1) is 0 Å². The van der Waals surface area contributed by atoms with E-state index >= 15 is 0 Å². The summed E-state index contributed by atoms with van der Waals surface area (Å²) >= 11 is 0. The molecule has 0 aromatic heterocycles. The van der Waals surface area contributed by atoms with Crippen molar-refractivity contribution in [3.8, 4) is 22.6 Å². The van der Waals surface area contributed by atoms with Crippen LogP contribution in [-0.2, 0) is 18.3 Å². The summed E-state index contributed by atoms with van der Waals surface area (Å²) in [6, 6.07) is 30.7. The molecular formula is C37H42O4. The van der Waals surface area contributed by atoms with Crippen molar-refractivity contribution in [2.75, 3.05) is 13.2 Å². The third-order valence-corrected chi connectivity index (χ3v) is 7.94. The minimum atomic E-state index is -0.532. The highest BCUT2D eigenvalue weighted by molar-refractivity contribution is 5.86. The number of ether oxygens (including phenoxy) is 2. The Bertz CT molecular complexity index is 1370. The number of aliphatic hydroxyl groups is 2. The largest absolute Gasteiger partial charge is 0.491 e. The standard InChI is InChI=1S/C37H42O4/c1-5-11-27-21-29(17-19-35(27)40-23-25(3)38)37(30-18-20-36(41-24-26(4)39)28(22-30)12-6-2)33-15-9-7-13-31(33)32-14-8-10-16-34(32)37/h7-10,13-22,25-26,38-39H,5-6,11-12,23-24H2,1-4H3. The average Bonchev–Trinajstić information content (AvgIpc) is 3.27. The van der Waals surface area contributed by atoms with Gasteiger partial charge in [-0.25, -0.2) is 0 Å². The predicted molar refractivity (Wildman–Crippen MR) is 166 cm³/mol. The van der Waals surface area contributed by atoms with Crippen molar-refractivity contribution in [2.45, 2.75) is 71.0 Å². The monoisotopic (exact) mass is 550 g/mol. The highest BCUT2D eigenvalue weighted by atomic mass is 16.5. The molecular weight excluding hydrogens is 508 g/mol. The Morgan fingerprint density at radius 3 is 1.41 bits per heavy atom. The second-order valence-electron chi connectivity index (χ2n) is 11.3. The Labute approximate surface area is 244 Å². The maximum atomic E-state index is 9.88. The van der Waals surface area contributed by atoms with Gasteiger partial charge in [0.05, 0.1) is 17.6 Å². The normalized spacial score (nSPS) is 14.7. The van der Waals surface area contributed by atoms with E-state index in [2.05, 4.69) is 98.8 Å². The smallest absolute Gasteiger partial charge is 0.122 e. The molecule has 0 amide bonds. The fourth-order valence-corrected chi connectivity index (χ4v) is 6.28. The van der Waals surface area contributed by atoms with Crippen LogP contribution >= 0.6 is 0 Å². The minimum Gasteiger partial charge on any atom is -0.491 e. The van der Waals surface area contributed by atoms with Crippen molar-refractivity contribution in [3.63, 3.8) is 0 Å². The topological polar surface area (TPSA) is 58.9 Å². The molecule has 2 unspecified atom stereocenters. The molecule has 1 aliphatic rings. The Morgan fingerprint density at radius 2 is 1.02 bits per heavy atom. The van der Waals surface area contributed by atoms with Crippen molar-refractivity contribution in [3.05, 3.63) is 118 Å². The second kappa shape index (κ2) is 12.5. The fraction of sp³-hybridized carbons (Fsp3) is 0.351. The summed E-state index contributed by atoms with van der Waals surface area (Å²) in [5, 5.41) is 19.8. The number of benzene rings is 4. The van der Waals surface area contributed by atoms with Crippen LogP contribution in [0.1, 0.15) is 73.9 Å². The van der Waals surface area contributed by atoms with Crippen molar-refractivity contribution >= 4 is 0 Å². The van der Waals surface area contributed by atoms with Gasteiger partial charge in [0.1, 0.15) is 24.7 Å². The second-order valence-corrected chi connectivity index (χ2v) is 11.3. The van der Waals surface area contributed by atoms with Gasteiger partial charge in [0.15, 0.2) is 0 Å². The third-order valence-electron chi connectivity index (χ3n) is 7.94. The quantitative estimate of drug-likeness (QED) is 0.169. The molecule has 41 heavy (non-hydrogen) atoms. The first-order chi connectivity index (χ1) is 19.9. The van der Waals surface area contributed by atoms with Gasteiger partial charge in [-0.15, -0.1) is 0 Å². The molecule has 4 aromatic carbocycles. The van der Waals surface area contributed by atoms with E-state index in [4.69, 9.17) is 9.47 Å². The van der Waals surface area contributed by atoms with E-state index in [1.807, 2.05) is 0 Å². The molecule has 0 spiro atoms. The molecule has 4 heteroatoms. The lowest BCUT2D eigenvalue weighted by Gasteiger charge is -2.35. The van der Waals surface area contributed by atoms with E-state index in [9.17, 15) is 10.2 Å². The van der Waals surface area contributed by atoms with Gasteiger partial charge in [0.25, 0.3) is 0 Å². The molecule has 0 heterocycles. The lowest BCUT2D eigenvalue weighted by Crippen LogP contribution is -2.29. The molecule has 214 valence electrons. The Kier molecular flexibility index (Phi) is 8.82. The van der Waals surface area contributed by atoms with Crippen LogP contribution in [0.2, 0.25) is 0 Å². The number of hydrogen-bond donors (Lipinski definition) is 2. The zero-order valence-corrected chi connectivity index (χ0v) is 24.7. The Morgan fingerprint density at radius 1 is 0.610 bits per heavy atom. The lowest BCUT2D eigenvalue weighted by atomic mass is 9.67. The van der Waals surface area contributed by atoms with Crippen molar-refractivity contribution < 1.29 is 19.7 Å². The maximum Gasteiger partial charge on any atom is 0.122 e. The van der Waals surface area contributed by atoms with Gasteiger partial charge >= 0.3 is 0 Å². The molecule has 5 rings (SSSR count). The number of aliphatic hydroxyl groups excluding tert-OH is 2. The maximum absolute atomic E-state index is 9.88. The zero-order valence-electron chi connectivity index (χ0n) is 24.7. The van der Waals surface area contributed by atoms with E-state index in [1.54, 1.807) is 13.8 Å². The van der Waals surface area contributed by atoms with E-state index < -0.39 is 17.6 Å². The average molecular weight is 551 g/mol. The molecule has 0 radical (unpaired) electrons. The van der Waals surface area contributed by atoms with Gasteiger partial charge in [0.2, 0.25) is 0 Å². The van der Waals surface area contributed by atoms with E-state index in [0.717, 1.165) is 48.3 Å². The van der Waals surface area contributed by atoms with E-state index in [0.29, 0.717) is 0 Å². The summed E-state index contributed by atoms with van der Waals surface area (Å²) in [5.74, 6) is 1.67. The molecule has 0 bridgehead atoms. The molecule has 0 aliphatic heterocycles. The first-order valence-corrected chi connectivity index (χ1v) is 15.0. The van der Waals surface area contributed by atoms with Crippen LogP contribution in [0.4, 0.5) is 0 Å². The minimum absolute atomic E-state index is 0.265. The summed E-state index contributed by atoms with van der Waals surface area (Å²) in [4.78, 5) is 0. The Balaban J connectivity index is 1.78. The molecule has 4 aromatic rings. The third kappa shape index (κ3) is 5.51. The summed E-state index contributed by atoms with van der Waals surface area (Å²) in [6.45, 7) is 8.39. The van der Waals surface area contributed by atoms with Crippen LogP contribution in [-0.4, -0.2) is 35.6 Å². The van der Waals surface area contributed by atoms with Gasteiger partial charge in [-0.1, -0.05) is 99.5 Å². The summed E-state index contributed by atoms with van der Waals surface area (Å²) in [7, 11) is 0. The molecule has 0 saturated heterocycles. The fourth-order valence-electron chi connectivity index (χ4n) is 6.28. The Hall–Kier alpha value is -3.60. The van der Waals surface area contributed by atoms with E-state index in [1.165, 1.54) is 33.4 Å². The highest BCUT2D eigenvalue weighted by Crippen LogP contribution is 2.56. The summed E-state index contributed by atoms with van der Waals surface area (Å²) < 4.78 is 12.1. The number of aryl methyl sites for hydroxylation is 2. The van der Waals surface area contributed by atoms with Gasteiger partial charge in [-0.05, 0) is 83.3 Å². The highest BCUT2D eigenvalue weighted by Gasteiger charge is 2.46. The van der Waals surface area contributed by atoms with Gasteiger partial charge in [-0.2, -0.15) is 0 Å². The molecule has 0 fully saturated rings. The van der Waals surface area contributed by atoms with E-state index in [-0.39, 0.29) is 13.2 Å². The summed E-state index contributed by atoms with van der Waals surface area (Å²) in [5.41, 5.74) is 9.20. The van der Waals surface area contributed by atoms with Gasteiger partial charge < -0.3 is 19.7 Å². The zero-order chi connectivity index (χ0) is 29.0. The van der Waals surface area contributed by atoms with Crippen LogP contribution in [0.5, 0.6) is 11.5 Å². The SMILES string of the molecule is CCCc1cc(C2(c3ccc(OCC(C)O)c(CCC)c3)c3ccccc3-c3ccccc32)ccc1OCC(C)O. The molecule has 2 N–H and O–H groups in total. The van der Waals surface area contributed by atoms with Crippen LogP contribution < -0.4 is 9.47 Å². The number of hydrogen-bond acceptors (Lipinski definition) is 4. The van der Waals surface area contributed by atoms with Crippen molar-refractivity contribution in [1.82, 2.24) is 0 Å². The van der Waals surface area contributed by atoms with Crippen molar-refractivity contribution in [2.24, 2.45) is 0 Å². The summed E-state index contributed by atoms with van der Waals surface area (Å²) in [6.07, 6.45) is 2.69. The number of rotatable bonds is 12.